The Labute approximate surface area is 176 Å². The number of nitrogens with one attached hydrogen (secondary N) is 2. The summed E-state index contributed by atoms with van der Waals surface area (Å²) in [7, 11) is 3.23. The number of rotatable bonds is 7. The zero-order valence-corrected chi connectivity index (χ0v) is 18.2. The predicted molar refractivity (Wildman–Crippen MR) is 118 cm³/mol. The van der Waals surface area contributed by atoms with Crippen LogP contribution in [0.3, 0.4) is 0 Å². The fourth-order valence-electron chi connectivity index (χ4n) is 2.21. The average molecular weight is 491 g/mol. The van der Waals surface area contributed by atoms with Gasteiger partial charge < -0.3 is 20.1 Å². The largest absolute Gasteiger partial charge is 0.493 e. The number of aromatic nitrogens is 1. The van der Waals surface area contributed by atoms with Crippen molar-refractivity contribution in [3.63, 3.8) is 0 Å². The Morgan fingerprint density at radius 1 is 1.15 bits per heavy atom. The number of anilines is 1. The molecule has 0 bridgehead atoms. The number of nitrogens with zero attached hydrogens (tertiary/aromatic N) is 2. The lowest BCUT2D eigenvalue weighted by Crippen LogP contribution is -2.30. The van der Waals surface area contributed by atoms with E-state index in [1.165, 1.54) is 0 Å². The Morgan fingerprint density at radius 3 is 2.54 bits per heavy atom. The van der Waals surface area contributed by atoms with Gasteiger partial charge in [-0.05, 0) is 37.1 Å². The monoisotopic (exact) mass is 490 g/mol. The highest BCUT2D eigenvalue weighted by molar-refractivity contribution is 14.0. The van der Waals surface area contributed by atoms with Crippen LogP contribution in [0, 0.1) is 0 Å². The number of methoxy groups -OCH3 is 2. The van der Waals surface area contributed by atoms with Crippen LogP contribution in [0.25, 0.3) is 0 Å². The van der Waals surface area contributed by atoms with Gasteiger partial charge in [-0.3, -0.25) is 4.99 Å². The zero-order valence-electron chi connectivity index (χ0n) is 15.1. The Kier molecular flexibility index (Phi) is 10.1. The molecule has 0 saturated heterocycles. The van der Waals surface area contributed by atoms with Gasteiger partial charge >= 0.3 is 0 Å². The summed E-state index contributed by atoms with van der Waals surface area (Å²) in [4.78, 5) is 8.66. The van der Waals surface area contributed by atoms with E-state index in [9.17, 15) is 0 Å². The molecule has 2 aromatic rings. The molecule has 6 nitrogen and oxygen atoms in total. The van der Waals surface area contributed by atoms with Crippen molar-refractivity contribution in [3.05, 3.63) is 47.2 Å². The van der Waals surface area contributed by atoms with Crippen LogP contribution in [0.2, 0.25) is 5.15 Å². The molecule has 2 rings (SSSR count). The normalized spacial score (nSPS) is 10.7. The van der Waals surface area contributed by atoms with E-state index in [0.717, 1.165) is 24.2 Å². The molecule has 0 amide bonds. The Morgan fingerprint density at radius 2 is 1.92 bits per heavy atom. The number of pyridine rings is 1. The molecular formula is C18H24ClIN4O2. The lowest BCUT2D eigenvalue weighted by molar-refractivity contribution is 0.355. The molecule has 0 saturated carbocycles. The van der Waals surface area contributed by atoms with Crippen LogP contribution in [-0.2, 0) is 6.42 Å². The highest BCUT2D eigenvalue weighted by Crippen LogP contribution is 2.29. The molecule has 0 spiro atoms. The summed E-state index contributed by atoms with van der Waals surface area (Å²) >= 11 is 5.80. The standard InChI is InChI=1S/C18H23ClN4O2.HI/c1-4-20-18(21-10-9-13-5-8-17(19)22-12-13)23-14-6-7-15(24-2)16(11-14)25-3;/h5-8,11-12H,4,9-10H2,1-3H3,(H2,20,21,23);1H. The molecule has 26 heavy (non-hydrogen) atoms. The Balaban J connectivity index is 0.00000338. The highest BCUT2D eigenvalue weighted by atomic mass is 127. The van der Waals surface area contributed by atoms with Crippen LogP contribution >= 0.6 is 35.6 Å². The van der Waals surface area contributed by atoms with Crippen molar-refractivity contribution in [2.24, 2.45) is 4.99 Å². The summed E-state index contributed by atoms with van der Waals surface area (Å²) in [6.07, 6.45) is 2.55. The van der Waals surface area contributed by atoms with Gasteiger partial charge in [-0.2, -0.15) is 0 Å². The summed E-state index contributed by atoms with van der Waals surface area (Å²) in [5, 5.41) is 6.99. The minimum absolute atomic E-state index is 0. The second-order valence-electron chi connectivity index (χ2n) is 5.19. The third-order valence-corrected chi connectivity index (χ3v) is 3.67. The van der Waals surface area contributed by atoms with Gasteiger partial charge in [0.15, 0.2) is 17.5 Å². The van der Waals surface area contributed by atoms with Gasteiger partial charge in [0.25, 0.3) is 0 Å². The van der Waals surface area contributed by atoms with Crippen molar-refractivity contribution in [1.29, 1.82) is 0 Å². The highest BCUT2D eigenvalue weighted by Gasteiger charge is 2.06. The molecular weight excluding hydrogens is 467 g/mol. The molecule has 1 heterocycles. The van der Waals surface area contributed by atoms with Gasteiger partial charge in [0.2, 0.25) is 0 Å². The maximum Gasteiger partial charge on any atom is 0.195 e. The minimum atomic E-state index is 0. The maximum absolute atomic E-state index is 5.80. The molecule has 0 atom stereocenters. The van der Waals surface area contributed by atoms with E-state index in [-0.39, 0.29) is 24.0 Å². The lowest BCUT2D eigenvalue weighted by atomic mass is 10.2. The molecule has 1 aromatic heterocycles. The van der Waals surface area contributed by atoms with Gasteiger partial charge in [0, 0.05) is 31.0 Å². The van der Waals surface area contributed by atoms with Crippen LogP contribution in [-0.4, -0.2) is 38.3 Å². The van der Waals surface area contributed by atoms with Crippen molar-refractivity contribution in [1.82, 2.24) is 10.3 Å². The lowest BCUT2D eigenvalue weighted by Gasteiger charge is -2.13. The average Bonchev–Trinajstić information content (AvgIpc) is 2.63. The van der Waals surface area contributed by atoms with Crippen LogP contribution in [0.1, 0.15) is 12.5 Å². The maximum atomic E-state index is 5.80. The van der Waals surface area contributed by atoms with Crippen molar-refractivity contribution >= 4 is 47.2 Å². The van der Waals surface area contributed by atoms with Gasteiger partial charge in [0.1, 0.15) is 5.15 Å². The molecule has 8 heteroatoms. The van der Waals surface area contributed by atoms with Crippen molar-refractivity contribution in [3.8, 4) is 11.5 Å². The van der Waals surface area contributed by atoms with Crippen molar-refractivity contribution in [2.75, 3.05) is 32.6 Å². The third kappa shape index (κ3) is 6.87. The van der Waals surface area contributed by atoms with E-state index >= 15 is 0 Å². The fraction of sp³-hybridized carbons (Fsp3) is 0.333. The minimum Gasteiger partial charge on any atom is -0.493 e. The van der Waals surface area contributed by atoms with Crippen LogP contribution in [0.4, 0.5) is 5.69 Å². The summed E-state index contributed by atoms with van der Waals surface area (Å²) in [6, 6.07) is 9.38. The summed E-state index contributed by atoms with van der Waals surface area (Å²) in [6.45, 7) is 3.42. The van der Waals surface area contributed by atoms with E-state index in [0.29, 0.717) is 29.2 Å². The first kappa shape index (κ1) is 22.3. The number of aliphatic imine (C=N–C) groups is 1. The predicted octanol–water partition coefficient (Wildman–Crippen LogP) is 3.99. The number of halogens is 2. The van der Waals surface area contributed by atoms with Gasteiger partial charge in [-0.1, -0.05) is 17.7 Å². The van der Waals surface area contributed by atoms with E-state index in [2.05, 4.69) is 20.6 Å². The quantitative estimate of drug-likeness (QED) is 0.266. The first-order valence-corrected chi connectivity index (χ1v) is 8.41. The molecule has 142 valence electrons. The van der Waals surface area contributed by atoms with Crippen molar-refractivity contribution < 1.29 is 9.47 Å². The number of ether oxygens (including phenoxy) is 2. The number of benzene rings is 1. The number of hydrogen-bond acceptors (Lipinski definition) is 4. The first-order valence-electron chi connectivity index (χ1n) is 8.04. The molecule has 0 aliphatic heterocycles. The fourth-order valence-corrected chi connectivity index (χ4v) is 2.32. The first-order chi connectivity index (χ1) is 12.2. The molecule has 0 unspecified atom stereocenters. The topological polar surface area (TPSA) is 67.8 Å². The summed E-state index contributed by atoms with van der Waals surface area (Å²) in [5.41, 5.74) is 1.96. The van der Waals surface area contributed by atoms with Crippen LogP contribution in [0.5, 0.6) is 11.5 Å². The van der Waals surface area contributed by atoms with Gasteiger partial charge in [-0.25, -0.2) is 4.98 Å². The summed E-state index contributed by atoms with van der Waals surface area (Å²) in [5.74, 6) is 2.05. The van der Waals surface area contributed by atoms with Crippen LogP contribution in [0.15, 0.2) is 41.5 Å². The van der Waals surface area contributed by atoms with Gasteiger partial charge in [0.05, 0.1) is 14.2 Å². The van der Waals surface area contributed by atoms with E-state index < -0.39 is 0 Å². The molecule has 0 aliphatic carbocycles. The van der Waals surface area contributed by atoms with Crippen molar-refractivity contribution in [2.45, 2.75) is 13.3 Å². The smallest absolute Gasteiger partial charge is 0.195 e. The molecule has 1 aromatic carbocycles. The van der Waals surface area contributed by atoms with E-state index in [4.69, 9.17) is 21.1 Å². The van der Waals surface area contributed by atoms with Crippen LogP contribution < -0.4 is 20.1 Å². The molecule has 0 aliphatic rings. The molecule has 0 radical (unpaired) electrons. The SMILES string of the molecule is CCNC(=NCCc1ccc(Cl)nc1)Nc1ccc(OC)c(OC)c1.I. The second kappa shape index (κ2) is 11.8. The molecule has 0 fully saturated rings. The van der Waals surface area contributed by atoms with Gasteiger partial charge in [-0.15, -0.1) is 24.0 Å². The Bertz CT molecular complexity index is 711. The van der Waals surface area contributed by atoms with E-state index in [1.54, 1.807) is 26.5 Å². The number of hydrogen-bond donors (Lipinski definition) is 2. The van der Waals surface area contributed by atoms with E-state index in [1.807, 2.05) is 31.2 Å². The summed E-state index contributed by atoms with van der Waals surface area (Å²) < 4.78 is 10.6. The molecule has 2 N–H and O–H groups in total. The second-order valence-corrected chi connectivity index (χ2v) is 5.58. The number of guanidine groups is 1. The third-order valence-electron chi connectivity index (χ3n) is 3.45. The Hall–Kier alpha value is -1.74. The zero-order chi connectivity index (χ0) is 18.1.